The Morgan fingerprint density at radius 2 is 1.21 bits per heavy atom. The molecule has 4 rings (SSSR count). The Kier molecular flexibility index (Phi) is 1.45. The van der Waals surface area contributed by atoms with E-state index in [1.807, 2.05) is 0 Å². The molecule has 1 spiro atoms. The number of carbonyl (C=O) groups excluding carboxylic acids is 4. The molecule has 8 heteroatoms. The minimum atomic E-state index is -2.12. The van der Waals surface area contributed by atoms with Gasteiger partial charge < -0.3 is 9.47 Å². The van der Waals surface area contributed by atoms with Crippen molar-refractivity contribution in [3.05, 3.63) is 24.3 Å². The van der Waals surface area contributed by atoms with Gasteiger partial charge in [0.15, 0.2) is 0 Å². The van der Waals surface area contributed by atoms with E-state index in [2.05, 4.69) is 0 Å². The van der Waals surface area contributed by atoms with Crippen LogP contribution in [0.25, 0.3) is 0 Å². The minimum Gasteiger partial charge on any atom is -0.377 e. The molecule has 0 aromatic heterocycles. The highest BCUT2D eigenvalue weighted by molar-refractivity contribution is 6.47. The summed E-state index contributed by atoms with van der Waals surface area (Å²) in [5.74, 6) is -4.33. The standard InChI is InChI=1S/C11H4N2O6/c14-7-9(16)18-11-12(7)5-3-1-2-4-6(5)13(11)8(15)10(17)19-11/h1-4H. The first-order chi connectivity index (χ1) is 9.06. The predicted molar refractivity (Wildman–Crippen MR) is 56.3 cm³/mol. The van der Waals surface area contributed by atoms with Gasteiger partial charge in [0.05, 0.1) is 11.4 Å². The molecular formula is C11H4N2O6. The number of amides is 2. The van der Waals surface area contributed by atoms with E-state index in [1.54, 1.807) is 12.1 Å². The minimum absolute atomic E-state index is 0.277. The van der Waals surface area contributed by atoms with Crippen molar-refractivity contribution < 1.29 is 28.7 Å². The quantitative estimate of drug-likeness (QED) is 0.443. The van der Waals surface area contributed by atoms with Gasteiger partial charge in [-0.2, -0.15) is 0 Å². The zero-order valence-corrected chi connectivity index (χ0v) is 9.15. The normalized spacial score (nSPS) is 22.1. The maximum absolute atomic E-state index is 11.8. The van der Waals surface area contributed by atoms with E-state index in [0.717, 1.165) is 9.80 Å². The van der Waals surface area contributed by atoms with Gasteiger partial charge in [0.1, 0.15) is 0 Å². The molecule has 3 aliphatic heterocycles. The van der Waals surface area contributed by atoms with E-state index in [-0.39, 0.29) is 11.4 Å². The van der Waals surface area contributed by atoms with Crippen LogP contribution >= 0.6 is 0 Å². The van der Waals surface area contributed by atoms with E-state index in [0.29, 0.717) is 0 Å². The largest absolute Gasteiger partial charge is 0.454 e. The van der Waals surface area contributed by atoms with Crippen LogP contribution in [0.1, 0.15) is 0 Å². The third-order valence-electron chi connectivity index (χ3n) is 3.14. The van der Waals surface area contributed by atoms with E-state index in [1.165, 1.54) is 12.1 Å². The summed E-state index contributed by atoms with van der Waals surface area (Å²) in [5.41, 5.74) is 0.554. The topological polar surface area (TPSA) is 93.2 Å². The number of ether oxygens (including phenoxy) is 2. The first-order valence-electron chi connectivity index (χ1n) is 5.30. The molecule has 0 atom stereocenters. The molecule has 3 heterocycles. The molecule has 94 valence electrons. The van der Waals surface area contributed by atoms with Crippen molar-refractivity contribution in [3.8, 4) is 0 Å². The first kappa shape index (κ1) is 10.1. The van der Waals surface area contributed by atoms with Crippen LogP contribution in [-0.2, 0) is 28.7 Å². The van der Waals surface area contributed by atoms with Crippen molar-refractivity contribution in [1.29, 1.82) is 0 Å². The van der Waals surface area contributed by atoms with Crippen LogP contribution in [0.3, 0.4) is 0 Å². The number of esters is 2. The molecule has 1 aromatic rings. The number of rotatable bonds is 0. The zero-order valence-electron chi connectivity index (χ0n) is 9.15. The Morgan fingerprint density at radius 3 is 1.63 bits per heavy atom. The molecule has 0 saturated carbocycles. The van der Waals surface area contributed by atoms with Crippen molar-refractivity contribution >= 4 is 35.1 Å². The van der Waals surface area contributed by atoms with E-state index >= 15 is 0 Å². The van der Waals surface area contributed by atoms with Crippen molar-refractivity contribution in [2.45, 2.75) is 6.03 Å². The van der Waals surface area contributed by atoms with Crippen LogP contribution in [0, 0.1) is 0 Å². The molecule has 19 heavy (non-hydrogen) atoms. The molecule has 0 bridgehead atoms. The third kappa shape index (κ3) is 0.885. The van der Waals surface area contributed by atoms with Crippen LogP contribution in [0.5, 0.6) is 0 Å². The number of nitrogens with zero attached hydrogens (tertiary/aromatic N) is 2. The second-order valence-corrected chi connectivity index (χ2v) is 4.10. The summed E-state index contributed by atoms with van der Waals surface area (Å²) in [6, 6.07) is 4.17. The highest BCUT2D eigenvalue weighted by Crippen LogP contribution is 2.51. The highest BCUT2D eigenvalue weighted by atomic mass is 16.8. The first-order valence-corrected chi connectivity index (χ1v) is 5.30. The van der Waals surface area contributed by atoms with Gasteiger partial charge in [0.25, 0.3) is 0 Å². The Balaban J connectivity index is 2.04. The molecule has 0 N–H and O–H groups in total. The molecule has 0 aliphatic carbocycles. The molecule has 1 aromatic carbocycles. The fourth-order valence-electron chi connectivity index (χ4n) is 2.44. The fourth-order valence-corrected chi connectivity index (χ4v) is 2.44. The lowest BCUT2D eigenvalue weighted by Crippen LogP contribution is -2.53. The number of para-hydroxylation sites is 2. The van der Waals surface area contributed by atoms with Crippen LogP contribution in [0.15, 0.2) is 24.3 Å². The molecule has 0 unspecified atom stereocenters. The SMILES string of the molecule is O=C1OC23OC(=O)C(=O)N2c2ccccc2N3C1=O. The number of hydrogen-bond acceptors (Lipinski definition) is 6. The number of benzene rings is 1. The van der Waals surface area contributed by atoms with Crippen molar-refractivity contribution in [2.75, 3.05) is 9.80 Å². The van der Waals surface area contributed by atoms with Crippen LogP contribution in [-0.4, -0.2) is 29.8 Å². The van der Waals surface area contributed by atoms with Gasteiger partial charge >= 0.3 is 29.8 Å². The molecule has 2 fully saturated rings. The van der Waals surface area contributed by atoms with Crippen molar-refractivity contribution in [3.63, 3.8) is 0 Å². The lowest BCUT2D eigenvalue weighted by molar-refractivity contribution is -0.194. The molecule has 0 radical (unpaired) electrons. The Bertz CT molecular complexity index is 637. The maximum Gasteiger partial charge on any atom is 0.454 e. The van der Waals surface area contributed by atoms with Gasteiger partial charge in [0, 0.05) is 0 Å². The maximum atomic E-state index is 11.8. The van der Waals surface area contributed by atoms with Gasteiger partial charge in [-0.1, -0.05) is 12.1 Å². The fraction of sp³-hybridized carbons (Fsp3) is 0.0909. The predicted octanol–water partition coefficient (Wildman–Crippen LogP) is -0.909. The number of hydrogen-bond donors (Lipinski definition) is 0. The number of carbonyl (C=O) groups is 4. The summed E-state index contributed by atoms with van der Waals surface area (Å²) in [5, 5.41) is 0. The second kappa shape index (κ2) is 2.74. The summed E-state index contributed by atoms with van der Waals surface area (Å²) in [4.78, 5) is 48.2. The van der Waals surface area contributed by atoms with E-state index < -0.39 is 29.8 Å². The van der Waals surface area contributed by atoms with Gasteiger partial charge in [-0.15, -0.1) is 0 Å². The summed E-state index contributed by atoms with van der Waals surface area (Å²) >= 11 is 0. The zero-order chi connectivity index (χ0) is 13.4. The van der Waals surface area contributed by atoms with Gasteiger partial charge in [-0.05, 0) is 12.1 Å². The van der Waals surface area contributed by atoms with Crippen LogP contribution < -0.4 is 9.80 Å². The Hall–Kier alpha value is -2.90. The number of anilines is 2. The third-order valence-corrected chi connectivity index (χ3v) is 3.14. The van der Waals surface area contributed by atoms with Crippen molar-refractivity contribution in [2.24, 2.45) is 0 Å². The van der Waals surface area contributed by atoms with Gasteiger partial charge in [0.2, 0.25) is 0 Å². The summed E-state index contributed by atoms with van der Waals surface area (Å²) in [6.07, 6.45) is 0. The lowest BCUT2D eigenvalue weighted by Gasteiger charge is -2.25. The second-order valence-electron chi connectivity index (χ2n) is 4.10. The van der Waals surface area contributed by atoms with E-state index in [9.17, 15) is 19.2 Å². The van der Waals surface area contributed by atoms with Crippen LogP contribution in [0.2, 0.25) is 0 Å². The van der Waals surface area contributed by atoms with Crippen LogP contribution in [0.4, 0.5) is 11.4 Å². The highest BCUT2D eigenvalue weighted by Gasteiger charge is 2.73. The average Bonchev–Trinajstić information content (AvgIpc) is 2.87. The average molecular weight is 260 g/mol. The molecule has 3 aliphatic rings. The molecule has 2 saturated heterocycles. The summed E-state index contributed by atoms with van der Waals surface area (Å²) in [6.45, 7) is 0. The summed E-state index contributed by atoms with van der Waals surface area (Å²) < 4.78 is 9.66. The molecular weight excluding hydrogens is 256 g/mol. The van der Waals surface area contributed by atoms with Gasteiger partial charge in [-0.3, -0.25) is 9.59 Å². The monoisotopic (exact) mass is 260 g/mol. The Labute approximate surface area is 105 Å². The van der Waals surface area contributed by atoms with Gasteiger partial charge in [-0.25, -0.2) is 19.4 Å². The van der Waals surface area contributed by atoms with E-state index in [4.69, 9.17) is 9.47 Å². The smallest absolute Gasteiger partial charge is 0.377 e. The van der Waals surface area contributed by atoms with Crippen molar-refractivity contribution in [1.82, 2.24) is 0 Å². The Morgan fingerprint density at radius 1 is 0.789 bits per heavy atom. The summed E-state index contributed by atoms with van der Waals surface area (Å²) in [7, 11) is 0. The lowest BCUT2D eigenvalue weighted by atomic mass is 10.2. The number of fused-ring (bicyclic) bond motifs is 3. The molecule has 2 amide bonds. The molecule has 8 nitrogen and oxygen atoms in total.